The first-order valence-corrected chi connectivity index (χ1v) is 6.93. The molecule has 1 aliphatic rings. The fourth-order valence-corrected chi connectivity index (χ4v) is 2.53. The highest BCUT2D eigenvalue weighted by Gasteiger charge is 2.44. The molecule has 2 unspecified atom stereocenters. The molecule has 7 nitrogen and oxygen atoms in total. The van der Waals surface area contributed by atoms with Crippen LogP contribution in [0.5, 0.6) is 0 Å². The molecule has 0 spiro atoms. The van der Waals surface area contributed by atoms with Crippen LogP contribution in [0.3, 0.4) is 0 Å². The lowest BCUT2D eigenvalue weighted by atomic mass is 9.81. The van der Waals surface area contributed by atoms with Gasteiger partial charge in [-0.3, -0.25) is 4.79 Å². The summed E-state index contributed by atoms with van der Waals surface area (Å²) in [5, 5.41) is 11.9. The Morgan fingerprint density at radius 1 is 1.19 bits per heavy atom. The molecule has 0 heterocycles. The van der Waals surface area contributed by atoms with Gasteiger partial charge in [0.15, 0.2) is 5.79 Å². The Labute approximate surface area is 124 Å². The van der Waals surface area contributed by atoms with Crippen LogP contribution < -0.4 is 5.32 Å². The number of aliphatic carboxylic acids is 1. The van der Waals surface area contributed by atoms with Gasteiger partial charge in [0.05, 0.1) is 5.92 Å². The molecule has 1 amide bonds. The predicted molar refractivity (Wildman–Crippen MR) is 74.9 cm³/mol. The van der Waals surface area contributed by atoms with Gasteiger partial charge in [-0.1, -0.05) is 0 Å². The molecule has 0 radical (unpaired) electrons. The van der Waals surface area contributed by atoms with E-state index in [1.54, 1.807) is 20.8 Å². The summed E-state index contributed by atoms with van der Waals surface area (Å²) in [6, 6.07) is -0.380. The number of methoxy groups -OCH3 is 2. The van der Waals surface area contributed by atoms with Gasteiger partial charge in [-0.25, -0.2) is 4.79 Å². The highest BCUT2D eigenvalue weighted by Crippen LogP contribution is 2.36. The van der Waals surface area contributed by atoms with Crippen LogP contribution in [0.15, 0.2) is 0 Å². The highest BCUT2D eigenvalue weighted by molar-refractivity contribution is 5.71. The molecular weight excluding hydrogens is 278 g/mol. The third-order valence-corrected chi connectivity index (χ3v) is 3.50. The summed E-state index contributed by atoms with van der Waals surface area (Å²) in [6.07, 6.45) is 0.383. The zero-order valence-electron chi connectivity index (χ0n) is 13.3. The SMILES string of the molecule is COC1(OC)CC(NC(=O)OC(C)(C)C)CC(C(=O)O)C1. The summed E-state index contributed by atoms with van der Waals surface area (Å²) in [7, 11) is 2.94. The van der Waals surface area contributed by atoms with Crippen LogP contribution in [-0.2, 0) is 19.0 Å². The Balaban J connectivity index is 2.76. The average Bonchev–Trinajstić information content (AvgIpc) is 2.35. The lowest BCUT2D eigenvalue weighted by Crippen LogP contribution is -2.52. The summed E-state index contributed by atoms with van der Waals surface area (Å²) in [5.41, 5.74) is -0.607. The maximum atomic E-state index is 11.8. The first-order valence-electron chi connectivity index (χ1n) is 6.93. The van der Waals surface area contributed by atoms with Crippen molar-refractivity contribution in [3.05, 3.63) is 0 Å². The molecule has 1 fully saturated rings. The Hall–Kier alpha value is -1.34. The van der Waals surface area contributed by atoms with E-state index in [9.17, 15) is 14.7 Å². The minimum Gasteiger partial charge on any atom is -0.481 e. The smallest absolute Gasteiger partial charge is 0.407 e. The van der Waals surface area contributed by atoms with Crippen molar-refractivity contribution in [3.8, 4) is 0 Å². The average molecular weight is 303 g/mol. The number of rotatable bonds is 4. The quantitative estimate of drug-likeness (QED) is 0.768. The van der Waals surface area contributed by atoms with Crippen LogP contribution in [0.2, 0.25) is 0 Å². The largest absolute Gasteiger partial charge is 0.481 e. The number of nitrogens with one attached hydrogen (secondary N) is 1. The normalized spacial score (nSPS) is 25.2. The van der Waals surface area contributed by atoms with Gasteiger partial charge in [0.1, 0.15) is 5.60 Å². The summed E-state index contributed by atoms with van der Waals surface area (Å²) >= 11 is 0. The second kappa shape index (κ2) is 6.62. The van der Waals surface area contributed by atoms with E-state index in [4.69, 9.17) is 14.2 Å². The number of carbonyl (C=O) groups is 2. The van der Waals surface area contributed by atoms with Gasteiger partial charge in [-0.15, -0.1) is 0 Å². The molecule has 122 valence electrons. The summed E-state index contributed by atoms with van der Waals surface area (Å²) in [6.45, 7) is 5.30. The maximum absolute atomic E-state index is 11.8. The van der Waals surface area contributed by atoms with Gasteiger partial charge >= 0.3 is 12.1 Å². The molecule has 2 N–H and O–H groups in total. The predicted octanol–water partition coefficient (Wildman–Crippen LogP) is 1.75. The van der Waals surface area contributed by atoms with E-state index in [0.29, 0.717) is 12.8 Å². The number of alkyl carbamates (subject to hydrolysis) is 1. The van der Waals surface area contributed by atoms with Gasteiger partial charge in [0.2, 0.25) is 0 Å². The first-order chi connectivity index (χ1) is 9.61. The van der Waals surface area contributed by atoms with Crippen LogP contribution in [0.1, 0.15) is 40.0 Å². The molecule has 21 heavy (non-hydrogen) atoms. The molecule has 1 saturated carbocycles. The number of carbonyl (C=O) groups excluding carboxylic acids is 1. The van der Waals surface area contributed by atoms with Crippen LogP contribution in [0.4, 0.5) is 4.79 Å². The Morgan fingerprint density at radius 2 is 1.76 bits per heavy atom. The van der Waals surface area contributed by atoms with Crippen LogP contribution in [-0.4, -0.2) is 48.8 Å². The zero-order chi connectivity index (χ0) is 16.3. The van der Waals surface area contributed by atoms with E-state index in [1.807, 2.05) is 0 Å². The zero-order valence-corrected chi connectivity index (χ0v) is 13.3. The Bertz CT molecular complexity index is 385. The topological polar surface area (TPSA) is 94.1 Å². The summed E-state index contributed by atoms with van der Waals surface area (Å²) in [5.74, 6) is -2.57. The molecule has 2 atom stereocenters. The van der Waals surface area contributed by atoms with Crippen molar-refractivity contribution in [2.75, 3.05) is 14.2 Å². The number of carboxylic acids is 1. The molecule has 0 aromatic heterocycles. The number of carboxylic acid groups (broad SMARTS) is 1. The Morgan fingerprint density at radius 3 is 2.19 bits per heavy atom. The second-order valence-electron chi connectivity index (χ2n) is 6.34. The third-order valence-electron chi connectivity index (χ3n) is 3.50. The number of hydrogen-bond acceptors (Lipinski definition) is 5. The minimum absolute atomic E-state index is 0.252. The molecule has 7 heteroatoms. The highest BCUT2D eigenvalue weighted by atomic mass is 16.7. The number of ether oxygens (including phenoxy) is 3. The van der Waals surface area contributed by atoms with Gasteiger partial charge in [0.25, 0.3) is 0 Å². The molecule has 1 aliphatic carbocycles. The molecule has 0 aliphatic heterocycles. The van der Waals surface area contributed by atoms with Gasteiger partial charge < -0.3 is 24.6 Å². The van der Waals surface area contributed by atoms with E-state index < -0.39 is 29.4 Å². The number of amides is 1. The van der Waals surface area contributed by atoms with E-state index in [1.165, 1.54) is 14.2 Å². The lowest BCUT2D eigenvalue weighted by molar-refractivity contribution is -0.236. The molecule has 0 aromatic carbocycles. The first kappa shape index (κ1) is 17.7. The summed E-state index contributed by atoms with van der Waals surface area (Å²) < 4.78 is 15.9. The van der Waals surface area contributed by atoms with E-state index in [0.717, 1.165) is 0 Å². The van der Waals surface area contributed by atoms with Crippen molar-refractivity contribution in [2.45, 2.75) is 57.5 Å². The van der Waals surface area contributed by atoms with E-state index >= 15 is 0 Å². The van der Waals surface area contributed by atoms with Crippen molar-refractivity contribution in [1.82, 2.24) is 5.32 Å². The van der Waals surface area contributed by atoms with Crippen LogP contribution in [0, 0.1) is 5.92 Å². The van der Waals surface area contributed by atoms with E-state index in [2.05, 4.69) is 5.32 Å². The maximum Gasteiger partial charge on any atom is 0.407 e. The molecular formula is C14H25NO6. The molecule has 0 saturated heterocycles. The van der Waals surface area contributed by atoms with Crippen LogP contribution >= 0.6 is 0 Å². The minimum atomic E-state index is -0.999. The molecule has 0 aromatic rings. The van der Waals surface area contributed by atoms with Gasteiger partial charge in [0, 0.05) is 33.1 Å². The van der Waals surface area contributed by atoms with Gasteiger partial charge in [-0.2, -0.15) is 0 Å². The summed E-state index contributed by atoms with van der Waals surface area (Å²) in [4.78, 5) is 23.1. The van der Waals surface area contributed by atoms with Crippen LogP contribution in [0.25, 0.3) is 0 Å². The number of hydrogen-bond donors (Lipinski definition) is 2. The second-order valence-corrected chi connectivity index (χ2v) is 6.34. The lowest BCUT2D eigenvalue weighted by Gasteiger charge is -2.41. The molecule has 1 rings (SSSR count). The van der Waals surface area contributed by atoms with Gasteiger partial charge in [-0.05, 0) is 27.2 Å². The fraction of sp³-hybridized carbons (Fsp3) is 0.857. The van der Waals surface area contributed by atoms with Crippen molar-refractivity contribution in [3.63, 3.8) is 0 Å². The third kappa shape index (κ3) is 5.17. The van der Waals surface area contributed by atoms with Crippen molar-refractivity contribution in [1.29, 1.82) is 0 Å². The molecule has 0 bridgehead atoms. The van der Waals surface area contributed by atoms with Crippen molar-refractivity contribution in [2.24, 2.45) is 5.92 Å². The Kier molecular flexibility index (Phi) is 5.58. The standard InChI is InChI=1S/C14H25NO6/c1-13(2,3)21-12(18)15-10-6-9(11(16)17)7-14(8-10,19-4)20-5/h9-10H,6-8H2,1-5H3,(H,15,18)(H,16,17). The monoisotopic (exact) mass is 303 g/mol. The van der Waals surface area contributed by atoms with E-state index in [-0.39, 0.29) is 12.5 Å². The fourth-order valence-electron chi connectivity index (χ4n) is 2.53. The van der Waals surface area contributed by atoms with Crippen molar-refractivity contribution >= 4 is 12.1 Å². The van der Waals surface area contributed by atoms with Crippen molar-refractivity contribution < 1.29 is 28.9 Å².